The molecule has 100 valence electrons. The van der Waals surface area contributed by atoms with E-state index in [9.17, 15) is 4.79 Å². The number of carbonyl (C=O) groups is 1. The van der Waals surface area contributed by atoms with Gasteiger partial charge in [0.1, 0.15) is 0 Å². The molecule has 0 aliphatic carbocycles. The Morgan fingerprint density at radius 1 is 1.22 bits per heavy atom. The summed E-state index contributed by atoms with van der Waals surface area (Å²) in [4.78, 5) is 26.7. The lowest BCUT2D eigenvalue weighted by Crippen LogP contribution is -2.40. The molecule has 0 atom stereocenters. The smallest absolute Gasteiger partial charge is 0.237 e. The largest absolute Gasteiger partial charge is 0.368 e. The van der Waals surface area contributed by atoms with Crippen LogP contribution in [0, 0.1) is 0 Å². The predicted octanol–water partition coefficient (Wildman–Crippen LogP) is -0.780. The fraction of sp³-hybridized carbons (Fsp3) is 0.600. The average molecular weight is 253 g/mol. The quantitative estimate of drug-likeness (QED) is 0.707. The van der Waals surface area contributed by atoms with Gasteiger partial charge in [0, 0.05) is 20.1 Å². The van der Waals surface area contributed by atoms with Crippen molar-refractivity contribution in [3.05, 3.63) is 0 Å². The van der Waals surface area contributed by atoms with Gasteiger partial charge in [0.25, 0.3) is 0 Å². The van der Waals surface area contributed by atoms with Gasteiger partial charge in [-0.25, -0.2) is 0 Å². The van der Waals surface area contributed by atoms with Crippen molar-refractivity contribution >= 4 is 23.8 Å². The summed E-state index contributed by atoms with van der Waals surface area (Å²) in [6.45, 7) is 3.87. The highest BCUT2D eigenvalue weighted by Crippen LogP contribution is 2.15. The number of primary amides is 1. The van der Waals surface area contributed by atoms with Crippen LogP contribution in [0.1, 0.15) is 13.8 Å². The Hall–Kier alpha value is -2.12. The summed E-state index contributed by atoms with van der Waals surface area (Å²) in [5.74, 6) is 0.445. The normalized spacial score (nSPS) is 10.5. The Morgan fingerprint density at radius 2 is 1.78 bits per heavy atom. The molecule has 0 unspecified atom stereocenters. The molecule has 0 bridgehead atoms. The standard InChI is InChI=1S/C10H19N7O/c1-6(2)17(5-7(11)18)10-14-8(12)13-9(15-10)16(3)4/h6H,5H2,1-4H3,(H2,11,18)(H2,12,13,14,15). The Morgan fingerprint density at radius 3 is 2.22 bits per heavy atom. The zero-order valence-corrected chi connectivity index (χ0v) is 11.1. The number of nitrogens with two attached hydrogens (primary N) is 2. The minimum atomic E-state index is -0.450. The van der Waals surface area contributed by atoms with Crippen LogP contribution in [0.15, 0.2) is 0 Å². The summed E-state index contributed by atoms with van der Waals surface area (Å²) in [6, 6.07) is 0.0225. The van der Waals surface area contributed by atoms with Crippen LogP contribution in [-0.4, -0.2) is 47.5 Å². The lowest BCUT2D eigenvalue weighted by molar-refractivity contribution is -0.116. The molecule has 1 aromatic heterocycles. The van der Waals surface area contributed by atoms with E-state index in [4.69, 9.17) is 11.5 Å². The van der Waals surface area contributed by atoms with Gasteiger partial charge in [0.05, 0.1) is 6.54 Å². The fourth-order valence-electron chi connectivity index (χ4n) is 1.35. The van der Waals surface area contributed by atoms with Crippen LogP contribution in [0.3, 0.4) is 0 Å². The third-order valence-corrected chi connectivity index (χ3v) is 2.24. The molecular formula is C10H19N7O. The summed E-state index contributed by atoms with van der Waals surface area (Å²) in [5.41, 5.74) is 10.8. The summed E-state index contributed by atoms with van der Waals surface area (Å²) in [6.07, 6.45) is 0. The van der Waals surface area contributed by atoms with Gasteiger partial charge in [0.15, 0.2) is 0 Å². The molecule has 1 rings (SSSR count). The van der Waals surface area contributed by atoms with Crippen molar-refractivity contribution in [2.24, 2.45) is 5.73 Å². The first-order chi connectivity index (χ1) is 8.31. The van der Waals surface area contributed by atoms with E-state index in [1.165, 1.54) is 0 Å². The van der Waals surface area contributed by atoms with E-state index in [-0.39, 0.29) is 18.5 Å². The molecule has 4 N–H and O–H groups in total. The predicted molar refractivity (Wildman–Crippen MR) is 70.2 cm³/mol. The van der Waals surface area contributed by atoms with E-state index in [0.717, 1.165) is 0 Å². The molecule has 0 spiro atoms. The van der Waals surface area contributed by atoms with E-state index in [1.807, 2.05) is 13.8 Å². The Labute approximate surface area is 106 Å². The molecular weight excluding hydrogens is 234 g/mol. The van der Waals surface area contributed by atoms with Crippen LogP contribution >= 0.6 is 0 Å². The van der Waals surface area contributed by atoms with Crippen molar-refractivity contribution < 1.29 is 4.79 Å². The third-order valence-electron chi connectivity index (χ3n) is 2.24. The van der Waals surface area contributed by atoms with Crippen LogP contribution in [0.4, 0.5) is 17.8 Å². The summed E-state index contributed by atoms with van der Waals surface area (Å²) >= 11 is 0. The molecule has 0 aliphatic heterocycles. The number of hydrogen-bond donors (Lipinski definition) is 2. The van der Waals surface area contributed by atoms with Crippen molar-refractivity contribution in [1.82, 2.24) is 15.0 Å². The highest BCUT2D eigenvalue weighted by Gasteiger charge is 2.18. The number of hydrogen-bond acceptors (Lipinski definition) is 7. The Balaban J connectivity index is 3.15. The maximum Gasteiger partial charge on any atom is 0.237 e. The van der Waals surface area contributed by atoms with E-state index in [2.05, 4.69) is 15.0 Å². The monoisotopic (exact) mass is 253 g/mol. The summed E-state index contributed by atoms with van der Waals surface area (Å²) in [5, 5.41) is 0. The molecule has 1 aromatic rings. The van der Waals surface area contributed by atoms with Crippen molar-refractivity contribution in [3.63, 3.8) is 0 Å². The zero-order valence-electron chi connectivity index (χ0n) is 11.1. The second kappa shape index (κ2) is 5.48. The summed E-state index contributed by atoms with van der Waals surface area (Å²) in [7, 11) is 3.60. The second-order valence-electron chi connectivity index (χ2n) is 4.38. The van der Waals surface area contributed by atoms with Crippen LogP contribution in [0.2, 0.25) is 0 Å². The van der Waals surface area contributed by atoms with Gasteiger partial charge in [-0.2, -0.15) is 15.0 Å². The fourth-order valence-corrected chi connectivity index (χ4v) is 1.35. The molecule has 1 heterocycles. The lowest BCUT2D eigenvalue weighted by atomic mass is 10.3. The second-order valence-corrected chi connectivity index (χ2v) is 4.38. The van der Waals surface area contributed by atoms with E-state index >= 15 is 0 Å². The van der Waals surface area contributed by atoms with Gasteiger partial charge in [-0.3, -0.25) is 4.79 Å². The highest BCUT2D eigenvalue weighted by molar-refractivity contribution is 5.79. The number of nitrogen functional groups attached to an aromatic ring is 1. The van der Waals surface area contributed by atoms with Crippen molar-refractivity contribution in [2.75, 3.05) is 36.2 Å². The van der Waals surface area contributed by atoms with Gasteiger partial charge in [0.2, 0.25) is 23.8 Å². The first-order valence-corrected chi connectivity index (χ1v) is 5.55. The molecule has 0 aliphatic rings. The molecule has 8 heteroatoms. The maximum absolute atomic E-state index is 11.1. The van der Waals surface area contributed by atoms with Crippen LogP contribution in [-0.2, 0) is 4.79 Å². The lowest BCUT2D eigenvalue weighted by Gasteiger charge is -2.25. The molecule has 0 aromatic carbocycles. The van der Waals surface area contributed by atoms with E-state index in [1.54, 1.807) is 23.9 Å². The van der Waals surface area contributed by atoms with Gasteiger partial charge in [-0.05, 0) is 13.8 Å². The van der Waals surface area contributed by atoms with Gasteiger partial charge < -0.3 is 21.3 Å². The molecule has 8 nitrogen and oxygen atoms in total. The number of carbonyl (C=O) groups excluding carboxylic acids is 1. The van der Waals surface area contributed by atoms with Crippen LogP contribution in [0.25, 0.3) is 0 Å². The first kappa shape index (κ1) is 13.9. The number of amides is 1. The molecule has 0 radical (unpaired) electrons. The first-order valence-electron chi connectivity index (χ1n) is 5.55. The Kier molecular flexibility index (Phi) is 4.24. The topological polar surface area (TPSA) is 114 Å². The number of nitrogens with zero attached hydrogens (tertiary/aromatic N) is 5. The van der Waals surface area contributed by atoms with Gasteiger partial charge in [-0.1, -0.05) is 0 Å². The van der Waals surface area contributed by atoms with Crippen molar-refractivity contribution in [1.29, 1.82) is 0 Å². The van der Waals surface area contributed by atoms with E-state index < -0.39 is 5.91 Å². The zero-order chi connectivity index (χ0) is 13.9. The molecule has 18 heavy (non-hydrogen) atoms. The minimum absolute atomic E-state index is 0.0225. The van der Waals surface area contributed by atoms with Crippen molar-refractivity contribution in [3.8, 4) is 0 Å². The number of aromatic nitrogens is 3. The molecule has 1 amide bonds. The number of anilines is 3. The third kappa shape index (κ3) is 3.44. The van der Waals surface area contributed by atoms with Gasteiger partial charge in [-0.15, -0.1) is 0 Å². The molecule has 0 saturated heterocycles. The molecule has 0 saturated carbocycles. The van der Waals surface area contributed by atoms with E-state index in [0.29, 0.717) is 11.9 Å². The van der Waals surface area contributed by atoms with Crippen LogP contribution < -0.4 is 21.3 Å². The van der Waals surface area contributed by atoms with Gasteiger partial charge >= 0.3 is 0 Å². The van der Waals surface area contributed by atoms with Crippen molar-refractivity contribution in [2.45, 2.75) is 19.9 Å². The SMILES string of the molecule is CC(C)N(CC(N)=O)c1nc(N)nc(N(C)C)n1. The minimum Gasteiger partial charge on any atom is -0.368 e. The molecule has 0 fully saturated rings. The Bertz CT molecular complexity index is 432. The summed E-state index contributed by atoms with van der Waals surface area (Å²) < 4.78 is 0. The maximum atomic E-state index is 11.1. The average Bonchev–Trinajstić information content (AvgIpc) is 2.24. The van der Waals surface area contributed by atoms with Crippen LogP contribution in [0.5, 0.6) is 0 Å². The highest BCUT2D eigenvalue weighted by atomic mass is 16.1. The number of rotatable bonds is 5.